The zero-order chi connectivity index (χ0) is 14.1. The SMILES string of the molecule is Cc1cc(NC2CCCC2)c2cc(C(=O)O)ccc2n1. The van der Waals surface area contributed by atoms with Gasteiger partial charge in [-0.05, 0) is 44.0 Å². The molecule has 0 bridgehead atoms. The normalized spacial score (nSPS) is 15.7. The van der Waals surface area contributed by atoms with Crippen LogP contribution in [0.4, 0.5) is 5.69 Å². The fourth-order valence-electron chi connectivity index (χ4n) is 2.90. The molecular weight excluding hydrogens is 252 g/mol. The largest absolute Gasteiger partial charge is 0.478 e. The van der Waals surface area contributed by atoms with E-state index in [9.17, 15) is 4.79 Å². The Balaban J connectivity index is 2.07. The number of aromatic carboxylic acids is 1. The minimum absolute atomic E-state index is 0.303. The van der Waals surface area contributed by atoms with Crippen LogP contribution >= 0.6 is 0 Å². The second-order valence-electron chi connectivity index (χ2n) is 5.47. The summed E-state index contributed by atoms with van der Waals surface area (Å²) in [6.07, 6.45) is 4.89. The van der Waals surface area contributed by atoms with E-state index in [4.69, 9.17) is 5.11 Å². The molecule has 104 valence electrons. The van der Waals surface area contributed by atoms with Crippen molar-refractivity contribution in [2.24, 2.45) is 0 Å². The lowest BCUT2D eigenvalue weighted by atomic mass is 10.1. The Hall–Kier alpha value is -2.10. The Morgan fingerprint density at radius 3 is 2.75 bits per heavy atom. The molecule has 4 heteroatoms. The van der Waals surface area contributed by atoms with E-state index >= 15 is 0 Å². The van der Waals surface area contributed by atoms with Gasteiger partial charge in [-0.1, -0.05) is 12.8 Å². The molecule has 1 fully saturated rings. The van der Waals surface area contributed by atoms with Gasteiger partial charge >= 0.3 is 5.97 Å². The third kappa shape index (κ3) is 2.46. The van der Waals surface area contributed by atoms with E-state index < -0.39 is 5.97 Å². The van der Waals surface area contributed by atoms with Crippen LogP contribution < -0.4 is 5.32 Å². The molecule has 0 atom stereocenters. The Bertz CT molecular complexity index is 661. The second-order valence-corrected chi connectivity index (χ2v) is 5.47. The standard InChI is InChI=1S/C16H18N2O2/c1-10-8-15(18-12-4-2-3-5-12)13-9-11(16(19)20)6-7-14(13)17-10/h6-9,12H,2-5H2,1H3,(H,17,18)(H,19,20). The number of hydrogen-bond donors (Lipinski definition) is 2. The van der Waals surface area contributed by atoms with Gasteiger partial charge in [0.15, 0.2) is 0 Å². The van der Waals surface area contributed by atoms with Gasteiger partial charge < -0.3 is 10.4 Å². The van der Waals surface area contributed by atoms with Gasteiger partial charge in [0.05, 0.1) is 11.1 Å². The van der Waals surface area contributed by atoms with E-state index in [1.54, 1.807) is 18.2 Å². The predicted octanol–water partition coefficient (Wildman–Crippen LogP) is 3.60. The van der Waals surface area contributed by atoms with Crippen LogP contribution in [-0.4, -0.2) is 22.1 Å². The van der Waals surface area contributed by atoms with Crippen LogP contribution in [0.3, 0.4) is 0 Å². The van der Waals surface area contributed by atoms with E-state index in [1.807, 2.05) is 13.0 Å². The molecule has 2 aromatic rings. The molecule has 1 aliphatic carbocycles. The average Bonchev–Trinajstić information content (AvgIpc) is 2.91. The average molecular weight is 270 g/mol. The Labute approximate surface area is 117 Å². The molecule has 1 aromatic carbocycles. The van der Waals surface area contributed by atoms with Crippen LogP contribution in [-0.2, 0) is 0 Å². The highest BCUT2D eigenvalue weighted by Crippen LogP contribution is 2.28. The summed E-state index contributed by atoms with van der Waals surface area (Å²) in [5.74, 6) is -0.903. The smallest absolute Gasteiger partial charge is 0.335 e. The van der Waals surface area contributed by atoms with E-state index in [-0.39, 0.29) is 0 Å². The quantitative estimate of drug-likeness (QED) is 0.894. The van der Waals surface area contributed by atoms with Gasteiger partial charge in [-0.3, -0.25) is 4.98 Å². The number of aromatic nitrogens is 1. The first-order valence-electron chi connectivity index (χ1n) is 7.05. The minimum Gasteiger partial charge on any atom is -0.478 e. The van der Waals surface area contributed by atoms with Gasteiger partial charge in [0.25, 0.3) is 0 Å². The number of carbonyl (C=O) groups is 1. The van der Waals surface area contributed by atoms with Crippen LogP contribution in [0, 0.1) is 6.92 Å². The first-order valence-corrected chi connectivity index (χ1v) is 7.05. The van der Waals surface area contributed by atoms with Crippen molar-refractivity contribution in [3.05, 3.63) is 35.5 Å². The fourth-order valence-corrected chi connectivity index (χ4v) is 2.90. The number of pyridine rings is 1. The molecular formula is C16H18N2O2. The van der Waals surface area contributed by atoms with E-state index in [0.29, 0.717) is 11.6 Å². The third-order valence-corrected chi connectivity index (χ3v) is 3.90. The maximum absolute atomic E-state index is 11.1. The lowest BCUT2D eigenvalue weighted by molar-refractivity contribution is 0.0697. The van der Waals surface area contributed by atoms with Crippen molar-refractivity contribution >= 4 is 22.6 Å². The first-order chi connectivity index (χ1) is 9.63. The summed E-state index contributed by atoms with van der Waals surface area (Å²) in [7, 11) is 0. The van der Waals surface area contributed by atoms with Crippen LogP contribution in [0.25, 0.3) is 10.9 Å². The highest BCUT2D eigenvalue weighted by Gasteiger charge is 2.16. The molecule has 1 heterocycles. The van der Waals surface area contributed by atoms with Crippen LogP contribution in [0.15, 0.2) is 24.3 Å². The minimum atomic E-state index is -0.903. The number of nitrogens with one attached hydrogen (secondary N) is 1. The zero-order valence-electron chi connectivity index (χ0n) is 11.5. The summed E-state index contributed by atoms with van der Waals surface area (Å²) < 4.78 is 0. The molecule has 4 nitrogen and oxygen atoms in total. The first kappa shape index (κ1) is 12.9. The molecule has 0 amide bonds. The zero-order valence-corrected chi connectivity index (χ0v) is 11.5. The number of benzene rings is 1. The van der Waals surface area contributed by atoms with Gasteiger partial charge in [-0.25, -0.2) is 4.79 Å². The summed E-state index contributed by atoms with van der Waals surface area (Å²) >= 11 is 0. The number of rotatable bonds is 3. The Kier molecular flexibility index (Phi) is 3.30. The molecule has 0 saturated heterocycles. The number of carboxylic acid groups (broad SMARTS) is 1. The topological polar surface area (TPSA) is 62.2 Å². The number of fused-ring (bicyclic) bond motifs is 1. The lowest BCUT2D eigenvalue weighted by Crippen LogP contribution is -2.15. The monoisotopic (exact) mass is 270 g/mol. The molecule has 0 spiro atoms. The van der Waals surface area contributed by atoms with Crippen LogP contribution in [0.1, 0.15) is 41.7 Å². The van der Waals surface area contributed by atoms with E-state index in [0.717, 1.165) is 22.3 Å². The highest BCUT2D eigenvalue weighted by molar-refractivity contribution is 5.98. The molecule has 1 aliphatic rings. The van der Waals surface area contributed by atoms with Crippen molar-refractivity contribution in [3.63, 3.8) is 0 Å². The van der Waals surface area contributed by atoms with Crippen molar-refractivity contribution < 1.29 is 9.90 Å². The summed E-state index contributed by atoms with van der Waals surface area (Å²) in [5.41, 5.74) is 3.09. The van der Waals surface area contributed by atoms with Crippen molar-refractivity contribution in [2.45, 2.75) is 38.6 Å². The van der Waals surface area contributed by atoms with Gasteiger partial charge in [0.2, 0.25) is 0 Å². The number of carboxylic acids is 1. The van der Waals surface area contributed by atoms with Crippen molar-refractivity contribution in [1.29, 1.82) is 0 Å². The number of hydrogen-bond acceptors (Lipinski definition) is 3. The lowest BCUT2D eigenvalue weighted by Gasteiger charge is -2.16. The van der Waals surface area contributed by atoms with Crippen LogP contribution in [0.5, 0.6) is 0 Å². The van der Waals surface area contributed by atoms with Gasteiger partial charge in [0.1, 0.15) is 0 Å². The van der Waals surface area contributed by atoms with Crippen LogP contribution in [0.2, 0.25) is 0 Å². The van der Waals surface area contributed by atoms with Crippen molar-refractivity contribution in [1.82, 2.24) is 4.98 Å². The Morgan fingerprint density at radius 1 is 1.30 bits per heavy atom. The van der Waals surface area contributed by atoms with Crippen molar-refractivity contribution in [2.75, 3.05) is 5.32 Å². The molecule has 1 aromatic heterocycles. The molecule has 2 N–H and O–H groups in total. The molecule has 3 rings (SSSR count). The fraction of sp³-hybridized carbons (Fsp3) is 0.375. The van der Waals surface area contributed by atoms with Gasteiger partial charge in [-0.2, -0.15) is 0 Å². The van der Waals surface area contributed by atoms with Gasteiger partial charge in [-0.15, -0.1) is 0 Å². The summed E-state index contributed by atoms with van der Waals surface area (Å²) in [5, 5.41) is 13.6. The number of nitrogens with zero attached hydrogens (tertiary/aromatic N) is 1. The highest BCUT2D eigenvalue weighted by atomic mass is 16.4. The van der Waals surface area contributed by atoms with E-state index in [1.165, 1.54) is 25.7 Å². The molecule has 0 aliphatic heterocycles. The predicted molar refractivity (Wildman–Crippen MR) is 79.3 cm³/mol. The summed E-state index contributed by atoms with van der Waals surface area (Å²) in [4.78, 5) is 15.6. The number of anilines is 1. The Morgan fingerprint density at radius 2 is 2.05 bits per heavy atom. The maximum atomic E-state index is 11.1. The maximum Gasteiger partial charge on any atom is 0.335 e. The van der Waals surface area contributed by atoms with Gasteiger partial charge in [0, 0.05) is 22.8 Å². The van der Waals surface area contributed by atoms with Crippen molar-refractivity contribution in [3.8, 4) is 0 Å². The molecule has 0 unspecified atom stereocenters. The molecule has 20 heavy (non-hydrogen) atoms. The number of aryl methyl sites for hydroxylation is 1. The second kappa shape index (κ2) is 5.12. The summed E-state index contributed by atoms with van der Waals surface area (Å²) in [6, 6.07) is 7.60. The van der Waals surface area contributed by atoms with E-state index in [2.05, 4.69) is 10.3 Å². The molecule has 1 saturated carbocycles. The molecule has 0 radical (unpaired) electrons. The third-order valence-electron chi connectivity index (χ3n) is 3.90. The summed E-state index contributed by atoms with van der Waals surface area (Å²) in [6.45, 7) is 1.96.